The molecule has 3 rings (SSSR count). The molecule has 0 radical (unpaired) electrons. The first-order valence-electron chi connectivity index (χ1n) is 6.35. The molecule has 2 atom stereocenters. The Kier molecular flexibility index (Phi) is 3.24. The third-order valence-electron chi connectivity index (χ3n) is 4.30. The molecule has 1 aromatic carbocycles. The minimum atomic E-state index is 0.370. The van der Waals surface area contributed by atoms with Crippen molar-refractivity contribution in [3.63, 3.8) is 0 Å². The third-order valence-corrected chi connectivity index (χ3v) is 5.02. The average Bonchev–Trinajstić information content (AvgIpc) is 2.80. The van der Waals surface area contributed by atoms with Gasteiger partial charge >= 0.3 is 0 Å². The molecule has 2 saturated heterocycles. The molecule has 2 fully saturated rings. The number of hydrogen-bond donors (Lipinski definition) is 1. The zero-order chi connectivity index (χ0) is 11.7. The van der Waals surface area contributed by atoms with Crippen LogP contribution in [0.5, 0.6) is 0 Å². The molecule has 3 heteroatoms. The molecule has 1 aromatic rings. The van der Waals surface area contributed by atoms with Gasteiger partial charge in [0.25, 0.3) is 0 Å². The molecule has 17 heavy (non-hydrogen) atoms. The normalized spacial score (nSPS) is 33.1. The van der Waals surface area contributed by atoms with Gasteiger partial charge < -0.3 is 10.1 Å². The summed E-state index contributed by atoms with van der Waals surface area (Å²) in [5.74, 6) is 0.578. The van der Waals surface area contributed by atoms with Gasteiger partial charge in [-0.2, -0.15) is 0 Å². The first kappa shape index (κ1) is 11.7. The fourth-order valence-electron chi connectivity index (χ4n) is 3.27. The van der Waals surface area contributed by atoms with E-state index in [9.17, 15) is 0 Å². The van der Waals surface area contributed by atoms with Crippen LogP contribution in [0.1, 0.15) is 24.3 Å². The lowest BCUT2D eigenvalue weighted by Crippen LogP contribution is -2.44. The second kappa shape index (κ2) is 4.71. The number of hydrogen-bond acceptors (Lipinski definition) is 2. The molecule has 0 saturated carbocycles. The minimum absolute atomic E-state index is 0.370. The van der Waals surface area contributed by atoms with Crippen LogP contribution in [-0.4, -0.2) is 26.3 Å². The lowest BCUT2D eigenvalue weighted by molar-refractivity contribution is 0.110. The maximum atomic E-state index is 5.69. The fourth-order valence-corrected chi connectivity index (χ4v) is 3.83. The van der Waals surface area contributed by atoms with Crippen molar-refractivity contribution < 1.29 is 4.74 Å². The second-order valence-corrected chi connectivity index (χ2v) is 6.05. The Morgan fingerprint density at radius 2 is 2.18 bits per heavy atom. The van der Waals surface area contributed by atoms with Gasteiger partial charge in [-0.1, -0.05) is 34.1 Å². The molecule has 2 aliphatic rings. The molecular formula is C14H18BrNO. The van der Waals surface area contributed by atoms with Crippen LogP contribution in [0.25, 0.3) is 0 Å². The quantitative estimate of drug-likeness (QED) is 0.860. The monoisotopic (exact) mass is 295 g/mol. The van der Waals surface area contributed by atoms with Gasteiger partial charge in [-0.25, -0.2) is 0 Å². The van der Waals surface area contributed by atoms with Gasteiger partial charge in [-0.15, -0.1) is 0 Å². The molecule has 2 heterocycles. The summed E-state index contributed by atoms with van der Waals surface area (Å²) in [5, 5.41) is 3.54. The van der Waals surface area contributed by atoms with Gasteiger partial charge in [0.1, 0.15) is 0 Å². The van der Waals surface area contributed by atoms with Crippen molar-refractivity contribution in [2.24, 2.45) is 5.41 Å². The molecule has 1 spiro atoms. The first-order valence-corrected chi connectivity index (χ1v) is 7.14. The summed E-state index contributed by atoms with van der Waals surface area (Å²) in [5.41, 5.74) is 1.81. The van der Waals surface area contributed by atoms with Crippen LogP contribution < -0.4 is 5.32 Å². The maximum Gasteiger partial charge on any atom is 0.0530 e. The van der Waals surface area contributed by atoms with Crippen LogP contribution >= 0.6 is 15.9 Å². The van der Waals surface area contributed by atoms with E-state index in [1.54, 1.807) is 0 Å². The van der Waals surface area contributed by atoms with E-state index in [2.05, 4.69) is 45.5 Å². The molecule has 2 unspecified atom stereocenters. The predicted octanol–water partition coefficient (Wildman–Crippen LogP) is 2.93. The summed E-state index contributed by atoms with van der Waals surface area (Å²) in [6.45, 7) is 4.07. The van der Waals surface area contributed by atoms with Gasteiger partial charge in [-0.05, 0) is 31.0 Å². The Bertz CT molecular complexity index is 401. The van der Waals surface area contributed by atoms with Crippen LogP contribution in [-0.2, 0) is 4.74 Å². The number of ether oxygens (including phenoxy) is 1. The first-order chi connectivity index (χ1) is 8.32. The standard InChI is InChI=1S/C14H18BrNO/c15-13-4-2-1-3-11(13)12-9-16-7-5-14(12)6-8-17-10-14/h1-4,12,16H,5-10H2. The number of rotatable bonds is 1. The van der Waals surface area contributed by atoms with Crippen molar-refractivity contribution in [2.75, 3.05) is 26.3 Å². The second-order valence-electron chi connectivity index (χ2n) is 5.19. The molecule has 2 nitrogen and oxygen atoms in total. The zero-order valence-corrected chi connectivity index (χ0v) is 11.5. The number of piperidine rings is 1. The number of halogens is 1. The lowest BCUT2D eigenvalue weighted by atomic mass is 9.67. The van der Waals surface area contributed by atoms with E-state index in [1.807, 2.05) is 0 Å². The molecule has 0 amide bonds. The predicted molar refractivity (Wildman–Crippen MR) is 72.2 cm³/mol. The number of benzene rings is 1. The van der Waals surface area contributed by atoms with Crippen molar-refractivity contribution in [1.82, 2.24) is 5.32 Å². The van der Waals surface area contributed by atoms with Crippen molar-refractivity contribution in [1.29, 1.82) is 0 Å². The Morgan fingerprint density at radius 1 is 1.29 bits per heavy atom. The van der Waals surface area contributed by atoms with Gasteiger partial charge in [0, 0.05) is 29.0 Å². The topological polar surface area (TPSA) is 21.3 Å². The Hall–Kier alpha value is -0.380. The highest BCUT2D eigenvalue weighted by atomic mass is 79.9. The van der Waals surface area contributed by atoms with Crippen molar-refractivity contribution in [2.45, 2.75) is 18.8 Å². The van der Waals surface area contributed by atoms with Gasteiger partial charge in [0.05, 0.1) is 6.61 Å². The van der Waals surface area contributed by atoms with Crippen LogP contribution in [0.4, 0.5) is 0 Å². The molecule has 0 bridgehead atoms. The van der Waals surface area contributed by atoms with Crippen LogP contribution in [0.2, 0.25) is 0 Å². The van der Waals surface area contributed by atoms with Crippen molar-refractivity contribution in [3.8, 4) is 0 Å². The summed E-state index contributed by atoms with van der Waals surface area (Å²) in [6.07, 6.45) is 2.44. The van der Waals surface area contributed by atoms with E-state index in [4.69, 9.17) is 4.74 Å². The average molecular weight is 296 g/mol. The van der Waals surface area contributed by atoms with Crippen LogP contribution in [0.15, 0.2) is 28.7 Å². The summed E-state index contributed by atoms with van der Waals surface area (Å²) in [4.78, 5) is 0. The van der Waals surface area contributed by atoms with Gasteiger partial charge in [-0.3, -0.25) is 0 Å². The third kappa shape index (κ3) is 2.05. The molecule has 0 aromatic heterocycles. The smallest absolute Gasteiger partial charge is 0.0530 e. The zero-order valence-electron chi connectivity index (χ0n) is 9.92. The van der Waals surface area contributed by atoms with E-state index >= 15 is 0 Å². The van der Waals surface area contributed by atoms with E-state index in [0.717, 1.165) is 26.3 Å². The van der Waals surface area contributed by atoms with E-state index < -0.39 is 0 Å². The number of nitrogens with one attached hydrogen (secondary N) is 1. The van der Waals surface area contributed by atoms with Crippen molar-refractivity contribution in [3.05, 3.63) is 34.3 Å². The van der Waals surface area contributed by atoms with Crippen LogP contribution in [0.3, 0.4) is 0 Å². The highest BCUT2D eigenvalue weighted by molar-refractivity contribution is 9.10. The van der Waals surface area contributed by atoms with E-state index in [0.29, 0.717) is 11.3 Å². The molecule has 2 aliphatic heterocycles. The van der Waals surface area contributed by atoms with E-state index in [1.165, 1.54) is 22.9 Å². The molecule has 1 N–H and O–H groups in total. The SMILES string of the molecule is Brc1ccccc1C1CNCCC12CCOC2. The Morgan fingerprint density at radius 3 is 2.94 bits per heavy atom. The summed E-state index contributed by atoms with van der Waals surface area (Å²) >= 11 is 3.69. The lowest BCUT2D eigenvalue weighted by Gasteiger charge is -2.41. The molecule has 92 valence electrons. The Balaban J connectivity index is 1.97. The van der Waals surface area contributed by atoms with Gasteiger partial charge in [0.15, 0.2) is 0 Å². The Labute approximate surface area is 111 Å². The van der Waals surface area contributed by atoms with Crippen LogP contribution in [0, 0.1) is 5.41 Å². The highest BCUT2D eigenvalue weighted by Crippen LogP contribution is 2.48. The maximum absolute atomic E-state index is 5.69. The summed E-state index contributed by atoms with van der Waals surface area (Å²) in [6, 6.07) is 8.62. The summed E-state index contributed by atoms with van der Waals surface area (Å²) < 4.78 is 6.92. The largest absolute Gasteiger partial charge is 0.381 e. The summed E-state index contributed by atoms with van der Waals surface area (Å²) in [7, 11) is 0. The molecule has 0 aliphatic carbocycles. The highest BCUT2D eigenvalue weighted by Gasteiger charge is 2.44. The van der Waals surface area contributed by atoms with Gasteiger partial charge in [0.2, 0.25) is 0 Å². The molecular weight excluding hydrogens is 278 g/mol. The van der Waals surface area contributed by atoms with E-state index in [-0.39, 0.29) is 0 Å². The fraction of sp³-hybridized carbons (Fsp3) is 0.571. The minimum Gasteiger partial charge on any atom is -0.381 e. The van der Waals surface area contributed by atoms with Crippen molar-refractivity contribution >= 4 is 15.9 Å².